The van der Waals surface area contributed by atoms with Crippen molar-refractivity contribution in [2.75, 3.05) is 18.5 Å². The fourth-order valence-corrected chi connectivity index (χ4v) is 1.61. The van der Waals surface area contributed by atoms with Crippen LogP contribution in [0.3, 0.4) is 0 Å². The first-order valence-corrected chi connectivity index (χ1v) is 5.48. The third-order valence-electron chi connectivity index (χ3n) is 1.99. The van der Waals surface area contributed by atoms with Gasteiger partial charge in [0, 0.05) is 25.5 Å². The molecule has 0 fully saturated rings. The predicted octanol–water partition coefficient (Wildman–Crippen LogP) is 1.70. The van der Waals surface area contributed by atoms with Crippen LogP contribution in [-0.4, -0.2) is 30.5 Å². The van der Waals surface area contributed by atoms with E-state index in [1.54, 1.807) is 23.4 Å². The molecule has 0 aliphatic rings. The number of pyridine rings is 1. The summed E-state index contributed by atoms with van der Waals surface area (Å²) in [4.78, 5) is 17.2. The summed E-state index contributed by atoms with van der Waals surface area (Å²) in [5.74, 6) is -0.0228. The lowest BCUT2D eigenvalue weighted by Crippen LogP contribution is -2.38. The van der Waals surface area contributed by atoms with Crippen molar-refractivity contribution in [1.29, 1.82) is 0 Å². The van der Waals surface area contributed by atoms with Gasteiger partial charge in [0.2, 0.25) is 5.91 Å². The number of nitrogens with zero attached hydrogens (tertiary/aromatic N) is 2. The lowest BCUT2D eigenvalue weighted by atomic mass is 10.3. The van der Waals surface area contributed by atoms with Gasteiger partial charge < -0.3 is 10.2 Å². The second kappa shape index (κ2) is 5.70. The van der Waals surface area contributed by atoms with Gasteiger partial charge in [0.1, 0.15) is 0 Å². The van der Waals surface area contributed by atoms with E-state index in [4.69, 9.17) is 11.6 Å². The van der Waals surface area contributed by atoms with E-state index in [1.807, 2.05) is 20.9 Å². The molecule has 5 heteroatoms. The number of rotatable bonds is 4. The molecule has 16 heavy (non-hydrogen) atoms. The van der Waals surface area contributed by atoms with Crippen LogP contribution in [0.4, 0.5) is 5.69 Å². The SMILES string of the molecule is CC(C)NC(=O)CN(C)c1ccncc1Cl. The quantitative estimate of drug-likeness (QED) is 0.873. The first kappa shape index (κ1) is 12.8. The number of carbonyl (C=O) groups excluding carboxylic acids is 1. The Kier molecular flexibility index (Phi) is 4.55. The Balaban J connectivity index is 2.62. The minimum Gasteiger partial charge on any atom is -0.364 e. The number of carbonyl (C=O) groups is 1. The summed E-state index contributed by atoms with van der Waals surface area (Å²) in [5.41, 5.74) is 0.801. The molecule has 0 saturated heterocycles. The molecule has 1 N–H and O–H groups in total. The van der Waals surface area contributed by atoms with Crippen LogP contribution >= 0.6 is 11.6 Å². The van der Waals surface area contributed by atoms with Crippen molar-refractivity contribution in [3.05, 3.63) is 23.5 Å². The molecule has 0 aliphatic heterocycles. The van der Waals surface area contributed by atoms with Crippen LogP contribution in [0.5, 0.6) is 0 Å². The molecule has 0 aliphatic carbocycles. The third-order valence-corrected chi connectivity index (χ3v) is 2.28. The van der Waals surface area contributed by atoms with Crippen molar-refractivity contribution < 1.29 is 4.79 Å². The first-order chi connectivity index (χ1) is 7.50. The van der Waals surface area contributed by atoms with Crippen molar-refractivity contribution in [2.24, 2.45) is 0 Å². The molecule has 0 unspecified atom stereocenters. The zero-order valence-electron chi connectivity index (χ0n) is 9.70. The summed E-state index contributed by atoms with van der Waals surface area (Å²) in [6.45, 7) is 4.14. The van der Waals surface area contributed by atoms with Gasteiger partial charge in [-0.3, -0.25) is 9.78 Å². The number of hydrogen-bond donors (Lipinski definition) is 1. The van der Waals surface area contributed by atoms with E-state index in [2.05, 4.69) is 10.3 Å². The third kappa shape index (κ3) is 3.70. The van der Waals surface area contributed by atoms with Gasteiger partial charge in [0.05, 0.1) is 17.3 Å². The topological polar surface area (TPSA) is 45.2 Å². The van der Waals surface area contributed by atoms with Crippen LogP contribution in [-0.2, 0) is 4.79 Å². The maximum atomic E-state index is 11.5. The van der Waals surface area contributed by atoms with E-state index in [1.165, 1.54) is 0 Å². The van der Waals surface area contributed by atoms with E-state index in [0.29, 0.717) is 5.02 Å². The molecule has 4 nitrogen and oxygen atoms in total. The lowest BCUT2D eigenvalue weighted by Gasteiger charge is -2.20. The molecule has 1 amide bonds. The van der Waals surface area contributed by atoms with E-state index in [0.717, 1.165) is 5.69 Å². The van der Waals surface area contributed by atoms with Crippen LogP contribution in [0, 0.1) is 0 Å². The Morgan fingerprint density at radius 3 is 2.88 bits per heavy atom. The fraction of sp³-hybridized carbons (Fsp3) is 0.455. The molecule has 1 heterocycles. The number of halogens is 1. The maximum absolute atomic E-state index is 11.5. The van der Waals surface area contributed by atoms with E-state index in [9.17, 15) is 4.79 Å². The Morgan fingerprint density at radius 1 is 1.62 bits per heavy atom. The Bertz CT molecular complexity index is 368. The molecule has 0 bridgehead atoms. The summed E-state index contributed by atoms with van der Waals surface area (Å²) < 4.78 is 0. The van der Waals surface area contributed by atoms with Crippen molar-refractivity contribution >= 4 is 23.2 Å². The molecule has 0 saturated carbocycles. The molecular weight excluding hydrogens is 226 g/mol. The van der Waals surface area contributed by atoms with Gasteiger partial charge in [-0.15, -0.1) is 0 Å². The van der Waals surface area contributed by atoms with Crippen LogP contribution in [0.15, 0.2) is 18.5 Å². The highest BCUT2D eigenvalue weighted by Gasteiger charge is 2.10. The molecule has 0 aromatic carbocycles. The Hall–Kier alpha value is -1.29. The van der Waals surface area contributed by atoms with Crippen LogP contribution in [0.1, 0.15) is 13.8 Å². The van der Waals surface area contributed by atoms with Gasteiger partial charge in [0.25, 0.3) is 0 Å². The highest BCUT2D eigenvalue weighted by atomic mass is 35.5. The Labute approximate surface area is 101 Å². The maximum Gasteiger partial charge on any atom is 0.239 e. The smallest absolute Gasteiger partial charge is 0.239 e. The highest BCUT2D eigenvalue weighted by molar-refractivity contribution is 6.33. The van der Waals surface area contributed by atoms with Gasteiger partial charge >= 0.3 is 0 Å². The normalized spacial score (nSPS) is 10.3. The van der Waals surface area contributed by atoms with Crippen molar-refractivity contribution in [3.63, 3.8) is 0 Å². The van der Waals surface area contributed by atoms with Gasteiger partial charge in [-0.1, -0.05) is 11.6 Å². The standard InChI is InChI=1S/C11H16ClN3O/c1-8(2)14-11(16)7-15(3)10-4-5-13-6-9(10)12/h4-6,8H,7H2,1-3H3,(H,14,16). The molecular formula is C11H16ClN3O. The van der Waals surface area contributed by atoms with Gasteiger partial charge in [0.15, 0.2) is 0 Å². The first-order valence-electron chi connectivity index (χ1n) is 5.10. The van der Waals surface area contributed by atoms with E-state index >= 15 is 0 Å². The van der Waals surface area contributed by atoms with E-state index < -0.39 is 0 Å². The van der Waals surface area contributed by atoms with Crippen LogP contribution in [0.2, 0.25) is 5.02 Å². The van der Waals surface area contributed by atoms with Crippen LogP contribution < -0.4 is 10.2 Å². The van der Waals surface area contributed by atoms with Gasteiger partial charge in [-0.25, -0.2) is 0 Å². The minimum atomic E-state index is -0.0228. The molecule has 0 radical (unpaired) electrons. The van der Waals surface area contributed by atoms with Gasteiger partial charge in [-0.2, -0.15) is 0 Å². The number of nitrogens with one attached hydrogen (secondary N) is 1. The molecule has 0 spiro atoms. The van der Waals surface area contributed by atoms with Gasteiger partial charge in [-0.05, 0) is 19.9 Å². The molecule has 1 aromatic rings. The number of aromatic nitrogens is 1. The lowest BCUT2D eigenvalue weighted by molar-refractivity contribution is -0.120. The average Bonchev–Trinajstić information content (AvgIpc) is 2.16. The molecule has 1 aromatic heterocycles. The molecule has 0 atom stereocenters. The number of amides is 1. The van der Waals surface area contributed by atoms with Crippen molar-refractivity contribution in [2.45, 2.75) is 19.9 Å². The number of anilines is 1. The van der Waals surface area contributed by atoms with Crippen LogP contribution in [0.25, 0.3) is 0 Å². The van der Waals surface area contributed by atoms with Crippen molar-refractivity contribution in [1.82, 2.24) is 10.3 Å². The Morgan fingerprint density at radius 2 is 2.31 bits per heavy atom. The second-order valence-corrected chi connectivity index (χ2v) is 4.31. The summed E-state index contributed by atoms with van der Waals surface area (Å²) in [6.07, 6.45) is 3.21. The highest BCUT2D eigenvalue weighted by Crippen LogP contribution is 2.22. The van der Waals surface area contributed by atoms with E-state index in [-0.39, 0.29) is 18.5 Å². The molecule has 88 valence electrons. The largest absolute Gasteiger partial charge is 0.364 e. The number of likely N-dealkylation sites (N-methyl/N-ethyl adjacent to an activating group) is 1. The second-order valence-electron chi connectivity index (χ2n) is 3.91. The fourth-order valence-electron chi connectivity index (χ4n) is 1.35. The number of hydrogen-bond acceptors (Lipinski definition) is 3. The minimum absolute atomic E-state index is 0.0228. The monoisotopic (exact) mass is 241 g/mol. The van der Waals surface area contributed by atoms with Crippen molar-refractivity contribution in [3.8, 4) is 0 Å². The zero-order valence-corrected chi connectivity index (χ0v) is 10.5. The summed E-state index contributed by atoms with van der Waals surface area (Å²) >= 11 is 5.97. The summed E-state index contributed by atoms with van der Waals surface area (Å²) in [5, 5.41) is 3.37. The average molecular weight is 242 g/mol. The summed E-state index contributed by atoms with van der Waals surface area (Å²) in [7, 11) is 1.82. The molecule has 1 rings (SSSR count). The predicted molar refractivity (Wildman–Crippen MR) is 65.8 cm³/mol. The zero-order chi connectivity index (χ0) is 12.1. The summed E-state index contributed by atoms with van der Waals surface area (Å²) in [6, 6.07) is 1.93.